The quantitative estimate of drug-likeness (QED) is 0.182. The number of rotatable bonds is 7. The van der Waals surface area contributed by atoms with E-state index in [1.165, 1.54) is 0 Å². The van der Waals surface area contributed by atoms with Gasteiger partial charge in [-0.1, -0.05) is 0 Å². The number of hydrogen-bond donors (Lipinski definition) is 8. The molecule has 12 nitrogen and oxygen atoms in total. The topological polar surface area (TPSA) is 200 Å². The van der Waals surface area contributed by atoms with Crippen molar-refractivity contribution in [3.8, 4) is 0 Å². The summed E-state index contributed by atoms with van der Waals surface area (Å²) in [5.41, 5.74) is 17.5. The molecule has 11 N–H and O–H groups in total. The molecule has 0 spiro atoms. The number of aliphatic hydroxyl groups is 3. The highest BCUT2D eigenvalue weighted by Crippen LogP contribution is 2.31. The lowest BCUT2D eigenvalue weighted by Crippen LogP contribution is -2.68. The van der Waals surface area contributed by atoms with Crippen molar-refractivity contribution >= 4 is 0 Å². The van der Waals surface area contributed by atoms with Crippen LogP contribution >= 0.6 is 0 Å². The molecule has 13 atom stereocenters. The Morgan fingerprint density at radius 1 is 0.970 bits per heavy atom. The van der Waals surface area contributed by atoms with Crippen LogP contribution in [0.5, 0.6) is 0 Å². The Kier molecular flexibility index (Phi) is 9.09. The fourth-order valence-corrected chi connectivity index (χ4v) is 5.04. The van der Waals surface area contributed by atoms with Crippen LogP contribution in [0, 0.1) is 0 Å². The van der Waals surface area contributed by atoms with Crippen molar-refractivity contribution in [3.05, 3.63) is 0 Å². The maximum atomic E-state index is 11.1. The molecule has 0 aromatic rings. The number of aliphatic hydroxyl groups excluding tert-OH is 2. The Hall–Kier alpha value is -0.480. The van der Waals surface area contributed by atoms with Crippen molar-refractivity contribution in [2.75, 3.05) is 20.7 Å². The molecule has 0 amide bonds. The Labute approximate surface area is 195 Å². The highest BCUT2D eigenvalue weighted by atomic mass is 16.7. The fraction of sp³-hybridized carbons (Fsp3) is 1.00. The van der Waals surface area contributed by atoms with Gasteiger partial charge in [0, 0.05) is 18.1 Å². The molecule has 0 aromatic heterocycles. The second-order valence-electron chi connectivity index (χ2n) is 9.91. The maximum Gasteiger partial charge on any atom is 0.185 e. The van der Waals surface area contributed by atoms with E-state index in [-0.39, 0.29) is 24.8 Å². The SMILES string of the molecule is CN[C@@H]1[C@@H](O)[C@@H](O[C@@H]2[C@@H](O)[C@H](OC3O[C@H]([C@@H](C)NC)CC[C@H]3N)[C@@H](N)C[C@H]2N)OC[C@]1(C)O. The second kappa shape index (κ2) is 11.1. The van der Waals surface area contributed by atoms with Gasteiger partial charge < -0.3 is 62.1 Å². The molecule has 12 heteroatoms. The van der Waals surface area contributed by atoms with Gasteiger partial charge >= 0.3 is 0 Å². The third-order valence-corrected chi connectivity index (χ3v) is 7.24. The first-order valence-corrected chi connectivity index (χ1v) is 11.8. The smallest absolute Gasteiger partial charge is 0.185 e. The molecule has 194 valence electrons. The predicted octanol–water partition coefficient (Wildman–Crippen LogP) is -3.33. The summed E-state index contributed by atoms with van der Waals surface area (Å²) in [4.78, 5) is 0. The van der Waals surface area contributed by atoms with E-state index in [4.69, 9.17) is 36.1 Å². The first-order chi connectivity index (χ1) is 15.5. The van der Waals surface area contributed by atoms with Crippen LogP contribution in [0.15, 0.2) is 0 Å². The van der Waals surface area contributed by atoms with Crippen molar-refractivity contribution in [2.24, 2.45) is 17.2 Å². The van der Waals surface area contributed by atoms with Crippen LogP contribution in [0.3, 0.4) is 0 Å². The lowest BCUT2D eigenvalue weighted by molar-refractivity contribution is -0.307. The van der Waals surface area contributed by atoms with E-state index in [0.717, 1.165) is 6.42 Å². The summed E-state index contributed by atoms with van der Waals surface area (Å²) < 4.78 is 23.7. The summed E-state index contributed by atoms with van der Waals surface area (Å²) in [5.74, 6) is 0. The van der Waals surface area contributed by atoms with Crippen LogP contribution in [-0.2, 0) is 18.9 Å². The highest BCUT2D eigenvalue weighted by Gasteiger charge is 2.50. The zero-order valence-electron chi connectivity index (χ0n) is 20.0. The van der Waals surface area contributed by atoms with Gasteiger partial charge in [0.15, 0.2) is 12.6 Å². The van der Waals surface area contributed by atoms with E-state index in [9.17, 15) is 15.3 Å². The summed E-state index contributed by atoms with van der Waals surface area (Å²) in [6.07, 6.45) is -4.22. The van der Waals surface area contributed by atoms with E-state index >= 15 is 0 Å². The molecule has 33 heavy (non-hydrogen) atoms. The molecule has 3 aliphatic rings. The number of nitrogens with one attached hydrogen (secondary N) is 2. The fourth-order valence-electron chi connectivity index (χ4n) is 5.04. The van der Waals surface area contributed by atoms with E-state index in [1.54, 1.807) is 14.0 Å². The molecule has 0 radical (unpaired) electrons. The molecule has 1 saturated carbocycles. The van der Waals surface area contributed by atoms with E-state index in [1.807, 2.05) is 14.0 Å². The number of nitrogens with two attached hydrogens (primary N) is 3. The van der Waals surface area contributed by atoms with Crippen LogP contribution in [0.2, 0.25) is 0 Å². The second-order valence-corrected chi connectivity index (χ2v) is 9.91. The normalized spacial score (nSPS) is 50.2. The summed E-state index contributed by atoms with van der Waals surface area (Å²) in [6, 6.07) is -2.11. The van der Waals surface area contributed by atoms with Gasteiger partial charge in [-0.15, -0.1) is 0 Å². The number of ether oxygens (including phenoxy) is 4. The minimum atomic E-state index is -1.29. The van der Waals surface area contributed by atoms with Gasteiger partial charge in [0.1, 0.15) is 30.0 Å². The molecule has 1 aliphatic carbocycles. The maximum absolute atomic E-state index is 11.1. The molecule has 2 heterocycles. The minimum Gasteiger partial charge on any atom is -0.388 e. The molecule has 2 saturated heterocycles. The van der Waals surface area contributed by atoms with E-state index in [0.29, 0.717) is 12.8 Å². The Bertz CT molecular complexity index is 632. The van der Waals surface area contributed by atoms with Crippen molar-refractivity contribution in [1.29, 1.82) is 0 Å². The first-order valence-electron chi connectivity index (χ1n) is 11.8. The van der Waals surface area contributed by atoms with Crippen LogP contribution in [0.25, 0.3) is 0 Å². The molecule has 3 fully saturated rings. The molecular formula is C21H43N5O7. The number of hydrogen-bond acceptors (Lipinski definition) is 12. The molecule has 1 unspecified atom stereocenters. The molecular weight excluding hydrogens is 434 g/mol. The Balaban J connectivity index is 1.68. The number of likely N-dealkylation sites (N-methyl/N-ethyl adjacent to an activating group) is 2. The highest BCUT2D eigenvalue weighted by molar-refractivity contribution is 5.02. The van der Waals surface area contributed by atoms with Crippen molar-refractivity contribution < 1.29 is 34.3 Å². The van der Waals surface area contributed by atoms with Crippen molar-refractivity contribution in [1.82, 2.24) is 10.6 Å². The van der Waals surface area contributed by atoms with Crippen LogP contribution < -0.4 is 27.8 Å². The molecule has 0 aromatic carbocycles. The monoisotopic (exact) mass is 477 g/mol. The van der Waals surface area contributed by atoms with Gasteiger partial charge in [-0.3, -0.25) is 0 Å². The largest absolute Gasteiger partial charge is 0.388 e. The zero-order valence-corrected chi connectivity index (χ0v) is 20.0. The third-order valence-electron chi connectivity index (χ3n) is 7.24. The lowest BCUT2D eigenvalue weighted by atomic mass is 9.84. The minimum absolute atomic E-state index is 0.0620. The summed E-state index contributed by atoms with van der Waals surface area (Å²) in [7, 11) is 3.49. The Morgan fingerprint density at radius 3 is 2.15 bits per heavy atom. The average molecular weight is 478 g/mol. The summed E-state index contributed by atoms with van der Waals surface area (Å²) >= 11 is 0. The van der Waals surface area contributed by atoms with Crippen molar-refractivity contribution in [3.63, 3.8) is 0 Å². The standard InChI is InChI=1S/C21H43N5O7/c1-9(25-3)13-6-5-10(22)19(31-13)32-16-11(23)7-12(24)17(14(16)27)33-20-15(28)18(26-4)21(2,29)8-30-20/h9-20,25-29H,5-8,22-24H2,1-4H3/t9-,10-,11+,12-,13+,14+,15-,16-,17+,18-,19?,20-,21+/m1/s1. The van der Waals surface area contributed by atoms with Crippen LogP contribution in [0.4, 0.5) is 0 Å². The lowest BCUT2D eigenvalue weighted by Gasteiger charge is -2.48. The van der Waals surface area contributed by atoms with Gasteiger partial charge in [0.25, 0.3) is 0 Å². The third kappa shape index (κ3) is 5.85. The van der Waals surface area contributed by atoms with E-state index in [2.05, 4.69) is 10.6 Å². The predicted molar refractivity (Wildman–Crippen MR) is 120 cm³/mol. The van der Waals surface area contributed by atoms with Crippen LogP contribution in [0.1, 0.15) is 33.1 Å². The van der Waals surface area contributed by atoms with Crippen LogP contribution in [-0.4, -0.2) is 115 Å². The van der Waals surface area contributed by atoms with Gasteiger partial charge in [-0.05, 0) is 47.2 Å². The van der Waals surface area contributed by atoms with Crippen molar-refractivity contribution in [2.45, 2.75) is 112 Å². The van der Waals surface area contributed by atoms with Gasteiger partial charge in [-0.2, -0.15) is 0 Å². The zero-order chi connectivity index (χ0) is 24.5. The molecule has 0 bridgehead atoms. The summed E-state index contributed by atoms with van der Waals surface area (Å²) in [5, 5.41) is 38.3. The molecule has 3 rings (SSSR count). The summed E-state index contributed by atoms with van der Waals surface area (Å²) in [6.45, 7) is 3.52. The van der Waals surface area contributed by atoms with Gasteiger partial charge in [0.2, 0.25) is 0 Å². The van der Waals surface area contributed by atoms with Gasteiger partial charge in [0.05, 0.1) is 24.8 Å². The Morgan fingerprint density at radius 2 is 1.58 bits per heavy atom. The van der Waals surface area contributed by atoms with E-state index < -0.39 is 60.7 Å². The molecule has 2 aliphatic heterocycles. The average Bonchev–Trinajstić information content (AvgIpc) is 2.76. The van der Waals surface area contributed by atoms with Gasteiger partial charge in [-0.25, -0.2) is 0 Å². The first kappa shape index (κ1) is 27.1.